The van der Waals surface area contributed by atoms with Gasteiger partial charge in [-0.25, -0.2) is 0 Å². The molecule has 2 rings (SSSR count). The van der Waals surface area contributed by atoms with Gasteiger partial charge in [-0.05, 0) is 24.3 Å². The van der Waals surface area contributed by atoms with Gasteiger partial charge in [0.1, 0.15) is 17.3 Å². The molecule has 2 aromatic rings. The third kappa shape index (κ3) is 4.66. The molecule has 0 aliphatic carbocycles. The molecule has 0 aromatic heterocycles. The average molecular weight is 390 g/mol. The number of phenols is 1. The van der Waals surface area contributed by atoms with Gasteiger partial charge >= 0.3 is 0 Å². The van der Waals surface area contributed by atoms with Crippen molar-refractivity contribution >= 4 is 11.5 Å². The molecule has 0 fully saturated rings. The number of carbonyl (C=O) groups excluding carboxylic acids is 1. The number of aliphatic hydroxyl groups is 1. The summed E-state index contributed by atoms with van der Waals surface area (Å²) in [6, 6.07) is 7.19. The van der Waals surface area contributed by atoms with Crippen molar-refractivity contribution in [3.8, 4) is 28.7 Å². The highest BCUT2D eigenvalue weighted by Gasteiger charge is 2.17. The number of ether oxygens (including phenoxy) is 5. The number of rotatable bonds is 9. The van der Waals surface area contributed by atoms with Crippen LogP contribution in [0.25, 0.3) is 5.76 Å². The van der Waals surface area contributed by atoms with Crippen molar-refractivity contribution in [3.63, 3.8) is 0 Å². The second kappa shape index (κ2) is 9.52. The Kier molecular flexibility index (Phi) is 7.11. The lowest BCUT2D eigenvalue weighted by molar-refractivity contribution is 0.0510. The first-order chi connectivity index (χ1) is 13.4. The molecule has 0 radical (unpaired) electrons. The Morgan fingerprint density at radius 1 is 1.00 bits per heavy atom. The van der Waals surface area contributed by atoms with Crippen LogP contribution in [0.5, 0.6) is 28.7 Å². The standard InChI is InChI=1S/C20H22O8/c1-24-11-28-13-5-6-14(16(22)9-13)17(23)10-15(21)12-7-18(25-2)20(27-4)19(8-12)26-3/h5-10,21-22H,11H2,1-4H3/b15-10-. The van der Waals surface area contributed by atoms with E-state index >= 15 is 0 Å². The number of hydrogen-bond donors (Lipinski definition) is 2. The minimum Gasteiger partial charge on any atom is -0.507 e. The Morgan fingerprint density at radius 2 is 1.64 bits per heavy atom. The van der Waals surface area contributed by atoms with E-state index in [1.54, 1.807) is 0 Å². The molecule has 8 nitrogen and oxygen atoms in total. The third-order valence-corrected chi connectivity index (χ3v) is 3.81. The predicted molar refractivity (Wildman–Crippen MR) is 102 cm³/mol. The van der Waals surface area contributed by atoms with E-state index in [0.29, 0.717) is 23.0 Å². The molecule has 8 heteroatoms. The van der Waals surface area contributed by atoms with Gasteiger partial charge in [0.25, 0.3) is 0 Å². The maximum atomic E-state index is 12.5. The summed E-state index contributed by atoms with van der Waals surface area (Å²) in [5.41, 5.74) is 0.283. The first kappa shape index (κ1) is 20.9. The Balaban J connectivity index is 2.33. The van der Waals surface area contributed by atoms with Gasteiger partial charge in [-0.1, -0.05) is 0 Å². The first-order valence-corrected chi connectivity index (χ1v) is 8.15. The molecule has 0 heterocycles. The molecule has 0 aliphatic heterocycles. The quantitative estimate of drug-likeness (QED) is 0.291. The fourth-order valence-corrected chi connectivity index (χ4v) is 2.45. The predicted octanol–water partition coefficient (Wildman–Crippen LogP) is 3.18. The lowest BCUT2D eigenvalue weighted by Crippen LogP contribution is -2.01. The smallest absolute Gasteiger partial charge is 0.203 e. The fourth-order valence-electron chi connectivity index (χ4n) is 2.45. The molecular weight excluding hydrogens is 368 g/mol. The number of aromatic hydroxyl groups is 1. The third-order valence-electron chi connectivity index (χ3n) is 3.81. The van der Waals surface area contributed by atoms with Crippen LogP contribution in [-0.2, 0) is 4.74 Å². The first-order valence-electron chi connectivity index (χ1n) is 8.15. The Hall–Kier alpha value is -3.39. The molecule has 0 amide bonds. The zero-order chi connectivity index (χ0) is 20.7. The zero-order valence-electron chi connectivity index (χ0n) is 16.0. The van der Waals surface area contributed by atoms with Gasteiger partial charge in [-0.2, -0.15) is 0 Å². The van der Waals surface area contributed by atoms with Crippen LogP contribution < -0.4 is 18.9 Å². The van der Waals surface area contributed by atoms with Gasteiger partial charge in [-0.3, -0.25) is 4.79 Å². The van der Waals surface area contributed by atoms with Crippen LogP contribution in [0.15, 0.2) is 36.4 Å². The summed E-state index contributed by atoms with van der Waals surface area (Å²) < 4.78 is 25.7. The second-order valence-electron chi connectivity index (χ2n) is 5.54. The molecule has 0 bridgehead atoms. The molecule has 2 aromatic carbocycles. The summed E-state index contributed by atoms with van der Waals surface area (Å²) in [6.07, 6.45) is 0.991. The average Bonchev–Trinajstić information content (AvgIpc) is 2.70. The summed E-state index contributed by atoms with van der Waals surface area (Å²) in [7, 11) is 5.81. The van der Waals surface area contributed by atoms with E-state index in [-0.39, 0.29) is 29.4 Å². The molecule has 0 saturated carbocycles. The van der Waals surface area contributed by atoms with Crippen LogP contribution >= 0.6 is 0 Å². The van der Waals surface area contributed by atoms with Crippen molar-refractivity contribution in [1.29, 1.82) is 0 Å². The van der Waals surface area contributed by atoms with Crippen molar-refractivity contribution in [1.82, 2.24) is 0 Å². The molecule has 0 saturated heterocycles. The maximum absolute atomic E-state index is 12.5. The van der Waals surface area contributed by atoms with Crippen molar-refractivity contribution in [2.45, 2.75) is 0 Å². The lowest BCUT2D eigenvalue weighted by atomic mass is 10.1. The lowest BCUT2D eigenvalue weighted by Gasteiger charge is -2.14. The highest BCUT2D eigenvalue weighted by atomic mass is 16.7. The van der Waals surface area contributed by atoms with Crippen molar-refractivity contribution in [2.75, 3.05) is 35.2 Å². The normalized spacial score (nSPS) is 11.1. The number of methoxy groups -OCH3 is 4. The molecule has 0 atom stereocenters. The van der Waals surface area contributed by atoms with Gasteiger partial charge in [0, 0.05) is 24.8 Å². The highest BCUT2D eigenvalue weighted by Crippen LogP contribution is 2.39. The number of allylic oxidation sites excluding steroid dienone is 1. The van der Waals surface area contributed by atoms with Gasteiger partial charge in [0.05, 0.1) is 26.9 Å². The topological polar surface area (TPSA) is 104 Å². The van der Waals surface area contributed by atoms with Gasteiger partial charge in [-0.15, -0.1) is 0 Å². The monoisotopic (exact) mass is 390 g/mol. The van der Waals surface area contributed by atoms with Crippen LogP contribution in [0.3, 0.4) is 0 Å². The fraction of sp³-hybridized carbons (Fsp3) is 0.250. The molecular formula is C20H22O8. The summed E-state index contributed by atoms with van der Waals surface area (Å²) in [4.78, 5) is 12.5. The van der Waals surface area contributed by atoms with Crippen molar-refractivity contribution in [3.05, 3.63) is 47.5 Å². The van der Waals surface area contributed by atoms with Gasteiger partial charge < -0.3 is 33.9 Å². The summed E-state index contributed by atoms with van der Waals surface area (Å²) >= 11 is 0. The number of phenolic OH excluding ortho intramolecular Hbond substituents is 1. The summed E-state index contributed by atoms with van der Waals surface area (Å²) in [6.45, 7) is 0.00849. The van der Waals surface area contributed by atoms with Gasteiger partial charge in [0.2, 0.25) is 5.75 Å². The van der Waals surface area contributed by atoms with Crippen molar-refractivity contribution in [2.24, 2.45) is 0 Å². The highest BCUT2D eigenvalue weighted by molar-refractivity contribution is 6.09. The van der Waals surface area contributed by atoms with Gasteiger partial charge in [0.15, 0.2) is 24.1 Å². The number of benzene rings is 2. The van der Waals surface area contributed by atoms with E-state index in [9.17, 15) is 15.0 Å². The molecule has 0 aliphatic rings. The minimum absolute atomic E-state index is 0.00348. The van der Waals surface area contributed by atoms with E-state index in [0.717, 1.165) is 6.08 Å². The largest absolute Gasteiger partial charge is 0.507 e. The molecule has 0 spiro atoms. The molecule has 0 unspecified atom stereocenters. The van der Waals surface area contributed by atoms with Crippen LogP contribution in [0, 0.1) is 0 Å². The molecule has 150 valence electrons. The van der Waals surface area contributed by atoms with Crippen LogP contribution in [-0.4, -0.2) is 51.2 Å². The zero-order valence-corrected chi connectivity index (χ0v) is 16.0. The number of ketones is 1. The Labute approximate surface area is 162 Å². The number of carbonyl (C=O) groups is 1. The number of hydrogen-bond acceptors (Lipinski definition) is 8. The minimum atomic E-state index is -0.595. The van der Waals surface area contributed by atoms with E-state index in [1.807, 2.05) is 0 Å². The van der Waals surface area contributed by atoms with E-state index < -0.39 is 5.78 Å². The van der Waals surface area contributed by atoms with E-state index in [4.69, 9.17) is 23.7 Å². The second-order valence-corrected chi connectivity index (χ2v) is 5.54. The summed E-state index contributed by atoms with van der Waals surface area (Å²) in [5, 5.41) is 20.5. The maximum Gasteiger partial charge on any atom is 0.203 e. The van der Waals surface area contributed by atoms with E-state index in [2.05, 4.69) is 0 Å². The number of aliphatic hydroxyl groups excluding tert-OH is 1. The molecule has 2 N–H and O–H groups in total. The van der Waals surface area contributed by atoms with Crippen LogP contribution in [0.2, 0.25) is 0 Å². The van der Waals surface area contributed by atoms with E-state index in [1.165, 1.54) is 58.8 Å². The Bertz CT molecular complexity index is 847. The van der Waals surface area contributed by atoms with Crippen LogP contribution in [0.4, 0.5) is 0 Å². The molecule has 28 heavy (non-hydrogen) atoms. The summed E-state index contributed by atoms with van der Waals surface area (Å²) in [5.74, 6) is 0.141. The van der Waals surface area contributed by atoms with Crippen molar-refractivity contribution < 1.29 is 38.7 Å². The Morgan fingerprint density at radius 3 is 2.14 bits per heavy atom. The SMILES string of the molecule is COCOc1ccc(C(=O)/C=C(\O)c2cc(OC)c(OC)c(OC)c2)c(O)c1. The van der Waals surface area contributed by atoms with Crippen LogP contribution in [0.1, 0.15) is 15.9 Å².